The van der Waals surface area contributed by atoms with E-state index in [0.29, 0.717) is 19.5 Å². The minimum Gasteiger partial charge on any atom is -0.342 e. The van der Waals surface area contributed by atoms with Gasteiger partial charge in [-0.25, -0.2) is 0 Å². The fourth-order valence-corrected chi connectivity index (χ4v) is 2.53. The zero-order chi connectivity index (χ0) is 14.6. The van der Waals surface area contributed by atoms with Crippen LogP contribution in [0.15, 0.2) is 30.3 Å². The lowest BCUT2D eigenvalue weighted by molar-refractivity contribution is -0.137. The van der Waals surface area contributed by atoms with Crippen LogP contribution in [-0.2, 0) is 16.0 Å². The lowest BCUT2D eigenvalue weighted by Crippen LogP contribution is -2.52. The van der Waals surface area contributed by atoms with Gasteiger partial charge < -0.3 is 10.2 Å². The average Bonchev–Trinajstić information content (AvgIpc) is 2.50. The Bertz CT molecular complexity index is 483. The summed E-state index contributed by atoms with van der Waals surface area (Å²) in [7, 11) is 0. The molecule has 0 saturated carbocycles. The first kappa shape index (κ1) is 14.6. The molecule has 1 aromatic carbocycles. The van der Waals surface area contributed by atoms with Crippen LogP contribution in [0.3, 0.4) is 0 Å². The smallest absolute Gasteiger partial charge is 0.247 e. The first-order chi connectivity index (χ1) is 9.49. The zero-order valence-corrected chi connectivity index (χ0v) is 12.2. The second kappa shape index (κ2) is 6.07. The van der Waals surface area contributed by atoms with Gasteiger partial charge in [0, 0.05) is 19.5 Å². The summed E-state index contributed by atoms with van der Waals surface area (Å²) in [5.41, 5.74) is 0.489. The highest BCUT2D eigenvalue weighted by atomic mass is 16.2. The van der Waals surface area contributed by atoms with Gasteiger partial charge in [-0.15, -0.1) is 0 Å². The number of rotatable bonds is 4. The molecule has 1 aliphatic rings. The molecule has 0 bridgehead atoms. The van der Waals surface area contributed by atoms with E-state index >= 15 is 0 Å². The maximum atomic E-state index is 12.4. The number of aryl methyl sites for hydroxylation is 1. The van der Waals surface area contributed by atoms with E-state index in [4.69, 9.17) is 0 Å². The van der Waals surface area contributed by atoms with Crippen molar-refractivity contribution in [2.75, 3.05) is 13.1 Å². The predicted octanol–water partition coefficient (Wildman–Crippen LogP) is 1.75. The second-order valence-corrected chi connectivity index (χ2v) is 5.80. The van der Waals surface area contributed by atoms with Gasteiger partial charge in [-0.3, -0.25) is 9.59 Å². The molecule has 1 N–H and O–H groups in total. The second-order valence-electron chi connectivity index (χ2n) is 5.80. The predicted molar refractivity (Wildman–Crippen MR) is 78.2 cm³/mol. The minimum absolute atomic E-state index is 0.0106. The summed E-state index contributed by atoms with van der Waals surface area (Å²) >= 11 is 0. The summed E-state index contributed by atoms with van der Waals surface area (Å²) in [6.45, 7) is 4.75. The molecule has 1 aromatic rings. The summed E-state index contributed by atoms with van der Waals surface area (Å²) in [6.07, 6.45) is 2.26. The van der Waals surface area contributed by atoms with Crippen molar-refractivity contribution in [2.24, 2.45) is 0 Å². The lowest BCUT2D eigenvalue weighted by Gasteiger charge is -2.28. The van der Waals surface area contributed by atoms with Gasteiger partial charge in [0.25, 0.3) is 0 Å². The maximum Gasteiger partial charge on any atom is 0.247 e. The number of amides is 2. The Balaban J connectivity index is 1.91. The molecule has 20 heavy (non-hydrogen) atoms. The Hall–Kier alpha value is -1.84. The van der Waals surface area contributed by atoms with Crippen molar-refractivity contribution in [2.45, 2.75) is 38.6 Å². The molecule has 108 valence electrons. The average molecular weight is 274 g/mol. The van der Waals surface area contributed by atoms with E-state index in [0.717, 1.165) is 12.8 Å². The number of nitrogens with one attached hydrogen (secondary N) is 1. The van der Waals surface area contributed by atoms with Crippen molar-refractivity contribution in [1.82, 2.24) is 10.2 Å². The molecule has 0 atom stereocenters. The molecule has 0 radical (unpaired) electrons. The van der Waals surface area contributed by atoms with E-state index in [9.17, 15) is 9.59 Å². The molecule has 0 aliphatic carbocycles. The van der Waals surface area contributed by atoms with Crippen LogP contribution < -0.4 is 5.32 Å². The van der Waals surface area contributed by atoms with E-state index in [1.54, 1.807) is 18.7 Å². The molecule has 1 heterocycles. The first-order valence-electron chi connectivity index (χ1n) is 7.13. The van der Waals surface area contributed by atoms with E-state index < -0.39 is 5.54 Å². The molecular formula is C16H22N2O2. The van der Waals surface area contributed by atoms with Gasteiger partial charge in [0.1, 0.15) is 5.54 Å². The van der Waals surface area contributed by atoms with Gasteiger partial charge in [0.05, 0.1) is 0 Å². The quantitative estimate of drug-likeness (QED) is 0.909. The zero-order valence-electron chi connectivity index (χ0n) is 12.2. The van der Waals surface area contributed by atoms with E-state index in [1.807, 2.05) is 18.2 Å². The SMILES string of the molecule is CC1(C)NC(=O)CCN(CCCc2ccccc2)C1=O. The molecular weight excluding hydrogens is 252 g/mol. The van der Waals surface area contributed by atoms with Crippen molar-refractivity contribution in [1.29, 1.82) is 0 Å². The molecule has 2 amide bonds. The topological polar surface area (TPSA) is 49.4 Å². The Morgan fingerprint density at radius 3 is 2.60 bits per heavy atom. The molecule has 1 fully saturated rings. The van der Waals surface area contributed by atoms with Crippen LogP contribution in [0.2, 0.25) is 0 Å². The van der Waals surface area contributed by atoms with Crippen LogP contribution in [-0.4, -0.2) is 35.3 Å². The summed E-state index contributed by atoms with van der Waals surface area (Å²) in [6, 6.07) is 10.2. The van der Waals surface area contributed by atoms with Gasteiger partial charge in [0.2, 0.25) is 11.8 Å². The number of carbonyl (C=O) groups is 2. The van der Waals surface area contributed by atoms with Gasteiger partial charge in [-0.05, 0) is 32.3 Å². The highest BCUT2D eigenvalue weighted by Gasteiger charge is 2.35. The first-order valence-corrected chi connectivity index (χ1v) is 7.13. The summed E-state index contributed by atoms with van der Waals surface area (Å²) < 4.78 is 0. The Morgan fingerprint density at radius 1 is 1.20 bits per heavy atom. The molecule has 1 aliphatic heterocycles. The highest BCUT2D eigenvalue weighted by Crippen LogP contribution is 2.14. The van der Waals surface area contributed by atoms with E-state index in [2.05, 4.69) is 17.4 Å². The monoisotopic (exact) mass is 274 g/mol. The van der Waals surface area contributed by atoms with Crippen molar-refractivity contribution in [3.8, 4) is 0 Å². The van der Waals surface area contributed by atoms with Crippen molar-refractivity contribution in [3.63, 3.8) is 0 Å². The number of hydrogen-bond donors (Lipinski definition) is 1. The van der Waals surface area contributed by atoms with Gasteiger partial charge in [-0.1, -0.05) is 30.3 Å². The Kier molecular flexibility index (Phi) is 4.42. The molecule has 0 aromatic heterocycles. The third-order valence-corrected chi connectivity index (χ3v) is 3.62. The fourth-order valence-electron chi connectivity index (χ4n) is 2.53. The summed E-state index contributed by atoms with van der Waals surface area (Å²) in [4.78, 5) is 25.8. The standard InChI is InChI=1S/C16H22N2O2/c1-16(2)15(20)18(12-10-14(19)17-16)11-6-9-13-7-4-3-5-8-13/h3-5,7-8H,6,9-12H2,1-2H3,(H,17,19). The van der Waals surface area contributed by atoms with Crippen molar-refractivity contribution < 1.29 is 9.59 Å². The minimum atomic E-state index is -0.791. The van der Waals surface area contributed by atoms with Gasteiger partial charge in [-0.2, -0.15) is 0 Å². The molecule has 1 saturated heterocycles. The van der Waals surface area contributed by atoms with Crippen LogP contribution >= 0.6 is 0 Å². The van der Waals surface area contributed by atoms with Crippen LogP contribution in [0.1, 0.15) is 32.3 Å². The van der Waals surface area contributed by atoms with Gasteiger partial charge >= 0.3 is 0 Å². The van der Waals surface area contributed by atoms with E-state index in [1.165, 1.54) is 5.56 Å². The summed E-state index contributed by atoms with van der Waals surface area (Å²) in [5, 5.41) is 2.78. The lowest BCUT2D eigenvalue weighted by atomic mass is 10.0. The third-order valence-electron chi connectivity index (χ3n) is 3.62. The van der Waals surface area contributed by atoms with Crippen LogP contribution in [0.5, 0.6) is 0 Å². The highest BCUT2D eigenvalue weighted by molar-refractivity contribution is 5.92. The van der Waals surface area contributed by atoms with Crippen LogP contribution in [0, 0.1) is 0 Å². The molecule has 4 nitrogen and oxygen atoms in total. The maximum absolute atomic E-state index is 12.4. The Morgan fingerprint density at radius 2 is 1.90 bits per heavy atom. The number of hydrogen-bond acceptors (Lipinski definition) is 2. The molecule has 0 spiro atoms. The van der Waals surface area contributed by atoms with Crippen LogP contribution in [0.4, 0.5) is 0 Å². The number of carbonyl (C=O) groups excluding carboxylic acids is 2. The number of nitrogens with zero attached hydrogens (tertiary/aromatic N) is 1. The van der Waals surface area contributed by atoms with E-state index in [-0.39, 0.29) is 11.8 Å². The largest absolute Gasteiger partial charge is 0.342 e. The number of benzene rings is 1. The molecule has 0 unspecified atom stereocenters. The van der Waals surface area contributed by atoms with Gasteiger partial charge in [0.15, 0.2) is 0 Å². The molecule has 4 heteroatoms. The Labute approximate surface area is 120 Å². The van der Waals surface area contributed by atoms with Crippen molar-refractivity contribution in [3.05, 3.63) is 35.9 Å². The molecule has 2 rings (SSSR count). The van der Waals surface area contributed by atoms with Crippen LogP contribution in [0.25, 0.3) is 0 Å². The summed E-state index contributed by atoms with van der Waals surface area (Å²) in [5.74, 6) is -0.0367. The third kappa shape index (κ3) is 3.59. The fraction of sp³-hybridized carbons (Fsp3) is 0.500. The van der Waals surface area contributed by atoms with Crippen molar-refractivity contribution >= 4 is 11.8 Å². The normalized spacial score (nSPS) is 18.6.